The lowest BCUT2D eigenvalue weighted by Crippen LogP contribution is -2.50. The zero-order valence-electron chi connectivity index (χ0n) is 16.2. The van der Waals surface area contributed by atoms with Gasteiger partial charge in [0, 0.05) is 18.6 Å². The van der Waals surface area contributed by atoms with Gasteiger partial charge in [-0.3, -0.25) is 0 Å². The van der Waals surface area contributed by atoms with E-state index in [-0.39, 0.29) is 6.09 Å². The standard InChI is InChI=1S/C19H38N2O2/c1-13(2)15-9-8-10-16(11-15)21-17(14(3)4)12-20-18(22)23-19(5,6)7/h13-17,21H,8-12H2,1-7H3,(H,20,22). The Morgan fingerprint density at radius 1 is 1.17 bits per heavy atom. The van der Waals surface area contributed by atoms with Gasteiger partial charge in [0.15, 0.2) is 0 Å². The van der Waals surface area contributed by atoms with Crippen molar-refractivity contribution in [1.29, 1.82) is 0 Å². The van der Waals surface area contributed by atoms with E-state index in [2.05, 4.69) is 38.3 Å². The molecule has 0 aromatic heterocycles. The van der Waals surface area contributed by atoms with Crippen molar-refractivity contribution >= 4 is 6.09 Å². The minimum Gasteiger partial charge on any atom is -0.444 e. The Morgan fingerprint density at radius 2 is 1.83 bits per heavy atom. The molecule has 1 aliphatic rings. The van der Waals surface area contributed by atoms with Gasteiger partial charge in [-0.2, -0.15) is 0 Å². The molecule has 23 heavy (non-hydrogen) atoms. The number of hydrogen-bond acceptors (Lipinski definition) is 3. The molecule has 1 rings (SSSR count). The van der Waals surface area contributed by atoms with Crippen LogP contribution in [0.25, 0.3) is 0 Å². The van der Waals surface area contributed by atoms with Crippen LogP contribution in [0.1, 0.15) is 74.1 Å². The van der Waals surface area contributed by atoms with E-state index < -0.39 is 5.60 Å². The van der Waals surface area contributed by atoms with Crippen LogP contribution in [0.3, 0.4) is 0 Å². The molecule has 0 bridgehead atoms. The minimum absolute atomic E-state index is 0.290. The van der Waals surface area contributed by atoms with Crippen LogP contribution in [0.15, 0.2) is 0 Å². The number of rotatable bonds is 6. The first-order chi connectivity index (χ1) is 10.6. The highest BCUT2D eigenvalue weighted by Crippen LogP contribution is 2.30. The van der Waals surface area contributed by atoms with E-state index >= 15 is 0 Å². The van der Waals surface area contributed by atoms with Gasteiger partial charge in [0.2, 0.25) is 0 Å². The van der Waals surface area contributed by atoms with Crippen molar-refractivity contribution in [3.63, 3.8) is 0 Å². The first kappa shape index (κ1) is 20.3. The second kappa shape index (κ2) is 8.91. The summed E-state index contributed by atoms with van der Waals surface area (Å²) in [5, 5.41) is 6.71. The highest BCUT2D eigenvalue weighted by atomic mass is 16.6. The van der Waals surface area contributed by atoms with Crippen molar-refractivity contribution in [3.05, 3.63) is 0 Å². The number of hydrogen-bond donors (Lipinski definition) is 2. The monoisotopic (exact) mass is 326 g/mol. The van der Waals surface area contributed by atoms with Gasteiger partial charge < -0.3 is 15.4 Å². The Kier molecular flexibility index (Phi) is 7.85. The molecule has 2 N–H and O–H groups in total. The summed E-state index contributed by atoms with van der Waals surface area (Å²) in [4.78, 5) is 11.9. The Labute approximate surface area is 143 Å². The van der Waals surface area contributed by atoms with Gasteiger partial charge >= 0.3 is 6.09 Å². The molecule has 0 aromatic rings. The smallest absolute Gasteiger partial charge is 0.407 e. The third-order valence-electron chi connectivity index (χ3n) is 4.78. The summed E-state index contributed by atoms with van der Waals surface area (Å²) >= 11 is 0. The molecular weight excluding hydrogens is 288 g/mol. The fourth-order valence-electron chi connectivity index (χ4n) is 3.28. The summed E-state index contributed by atoms with van der Waals surface area (Å²) in [6, 6.07) is 0.863. The summed E-state index contributed by atoms with van der Waals surface area (Å²) in [5.41, 5.74) is -0.446. The second-order valence-corrected chi connectivity index (χ2v) is 8.77. The highest BCUT2D eigenvalue weighted by Gasteiger charge is 2.27. The van der Waals surface area contributed by atoms with E-state index in [1.165, 1.54) is 25.7 Å². The molecule has 1 fully saturated rings. The normalized spacial score (nSPS) is 23.9. The van der Waals surface area contributed by atoms with E-state index in [0.29, 0.717) is 24.5 Å². The van der Waals surface area contributed by atoms with Gasteiger partial charge in [-0.25, -0.2) is 4.79 Å². The average Bonchev–Trinajstić information content (AvgIpc) is 2.41. The number of ether oxygens (including phenoxy) is 1. The lowest BCUT2D eigenvalue weighted by atomic mass is 9.79. The number of nitrogens with one attached hydrogen (secondary N) is 2. The van der Waals surface area contributed by atoms with Gasteiger partial charge in [-0.05, 0) is 51.4 Å². The predicted molar refractivity (Wildman–Crippen MR) is 96.6 cm³/mol. The molecule has 136 valence electrons. The minimum atomic E-state index is -0.446. The van der Waals surface area contributed by atoms with Crippen LogP contribution in [0.2, 0.25) is 0 Å². The molecule has 0 aliphatic heterocycles. The van der Waals surface area contributed by atoms with Crippen LogP contribution in [0, 0.1) is 17.8 Å². The number of alkyl carbamates (subject to hydrolysis) is 1. The first-order valence-corrected chi connectivity index (χ1v) is 9.31. The highest BCUT2D eigenvalue weighted by molar-refractivity contribution is 5.67. The number of carbonyl (C=O) groups is 1. The zero-order valence-corrected chi connectivity index (χ0v) is 16.2. The molecule has 0 heterocycles. The van der Waals surface area contributed by atoms with Crippen molar-refractivity contribution in [3.8, 4) is 0 Å². The Bertz CT molecular complexity index is 361. The van der Waals surface area contributed by atoms with E-state index in [4.69, 9.17) is 4.74 Å². The quantitative estimate of drug-likeness (QED) is 0.763. The van der Waals surface area contributed by atoms with E-state index in [1.54, 1.807) is 0 Å². The SMILES string of the molecule is CC(C)C1CCCC(NC(CNC(=O)OC(C)(C)C)C(C)C)C1. The number of amides is 1. The fourth-order valence-corrected chi connectivity index (χ4v) is 3.28. The van der Waals surface area contributed by atoms with Gasteiger partial charge in [-0.1, -0.05) is 40.5 Å². The summed E-state index contributed by atoms with van der Waals surface area (Å²) in [7, 11) is 0. The molecule has 1 amide bonds. The molecule has 3 unspecified atom stereocenters. The third kappa shape index (κ3) is 8.05. The molecule has 4 nitrogen and oxygen atoms in total. The lowest BCUT2D eigenvalue weighted by Gasteiger charge is -2.36. The van der Waals surface area contributed by atoms with Crippen LogP contribution >= 0.6 is 0 Å². The summed E-state index contributed by atoms with van der Waals surface area (Å²) in [6.45, 7) is 15.4. The maximum Gasteiger partial charge on any atom is 0.407 e. The van der Waals surface area contributed by atoms with Gasteiger partial charge in [0.25, 0.3) is 0 Å². The third-order valence-corrected chi connectivity index (χ3v) is 4.78. The topological polar surface area (TPSA) is 50.4 Å². The fraction of sp³-hybridized carbons (Fsp3) is 0.947. The largest absolute Gasteiger partial charge is 0.444 e. The molecule has 1 saturated carbocycles. The molecular formula is C19H38N2O2. The summed E-state index contributed by atoms with van der Waals surface area (Å²) in [6.07, 6.45) is 4.85. The average molecular weight is 327 g/mol. The summed E-state index contributed by atoms with van der Waals surface area (Å²) in [5.74, 6) is 2.06. The van der Waals surface area contributed by atoms with E-state index in [0.717, 1.165) is 11.8 Å². The maximum atomic E-state index is 11.9. The Balaban J connectivity index is 2.47. The first-order valence-electron chi connectivity index (χ1n) is 9.31. The van der Waals surface area contributed by atoms with Crippen molar-refractivity contribution in [2.24, 2.45) is 17.8 Å². The second-order valence-electron chi connectivity index (χ2n) is 8.77. The van der Waals surface area contributed by atoms with Crippen LogP contribution in [-0.2, 0) is 4.74 Å². The molecule has 0 radical (unpaired) electrons. The van der Waals surface area contributed by atoms with Crippen LogP contribution < -0.4 is 10.6 Å². The van der Waals surface area contributed by atoms with Crippen molar-refractivity contribution in [2.45, 2.75) is 91.8 Å². The van der Waals surface area contributed by atoms with Crippen LogP contribution in [0.5, 0.6) is 0 Å². The molecule has 0 spiro atoms. The predicted octanol–water partition coefficient (Wildman–Crippen LogP) is 4.34. The van der Waals surface area contributed by atoms with Gasteiger partial charge in [0.05, 0.1) is 0 Å². The van der Waals surface area contributed by atoms with Gasteiger partial charge in [0.1, 0.15) is 5.60 Å². The maximum absolute atomic E-state index is 11.9. The molecule has 3 atom stereocenters. The molecule has 0 aromatic carbocycles. The lowest BCUT2D eigenvalue weighted by molar-refractivity contribution is 0.0517. The molecule has 4 heteroatoms. The van der Waals surface area contributed by atoms with Crippen LogP contribution in [0.4, 0.5) is 4.79 Å². The molecule has 1 aliphatic carbocycles. The van der Waals surface area contributed by atoms with E-state index in [1.807, 2.05) is 20.8 Å². The van der Waals surface area contributed by atoms with Crippen molar-refractivity contribution in [1.82, 2.24) is 10.6 Å². The molecule has 0 saturated heterocycles. The van der Waals surface area contributed by atoms with Crippen molar-refractivity contribution < 1.29 is 9.53 Å². The van der Waals surface area contributed by atoms with E-state index in [9.17, 15) is 4.79 Å². The van der Waals surface area contributed by atoms with Crippen molar-refractivity contribution in [2.75, 3.05) is 6.54 Å². The number of carbonyl (C=O) groups excluding carboxylic acids is 1. The Morgan fingerprint density at radius 3 is 2.35 bits per heavy atom. The van der Waals surface area contributed by atoms with Crippen LogP contribution in [-0.4, -0.2) is 30.3 Å². The zero-order chi connectivity index (χ0) is 17.6. The summed E-state index contributed by atoms with van der Waals surface area (Å²) < 4.78 is 5.33. The Hall–Kier alpha value is -0.770. The van der Waals surface area contributed by atoms with Gasteiger partial charge in [-0.15, -0.1) is 0 Å².